The SMILES string of the molecule is Cc1ccc(C)c(S(=O)Cc2cc(N)cc(F)c2)c1. The van der Waals surface area contributed by atoms with Crippen LogP contribution in [0.4, 0.5) is 10.1 Å². The number of rotatable bonds is 3. The fourth-order valence-corrected chi connectivity index (χ4v) is 3.31. The van der Waals surface area contributed by atoms with Crippen LogP contribution in [0.2, 0.25) is 0 Å². The molecule has 2 aromatic rings. The van der Waals surface area contributed by atoms with Gasteiger partial charge in [0.1, 0.15) is 5.82 Å². The van der Waals surface area contributed by atoms with Crippen LogP contribution in [-0.4, -0.2) is 4.21 Å². The molecule has 0 aliphatic carbocycles. The van der Waals surface area contributed by atoms with Crippen LogP contribution < -0.4 is 5.73 Å². The zero-order valence-electron chi connectivity index (χ0n) is 10.9. The minimum atomic E-state index is -1.20. The van der Waals surface area contributed by atoms with Gasteiger partial charge in [0.15, 0.2) is 0 Å². The maximum atomic E-state index is 13.2. The summed E-state index contributed by atoms with van der Waals surface area (Å²) in [5, 5.41) is 0. The molecular formula is C15H16FNOS. The molecule has 0 bridgehead atoms. The van der Waals surface area contributed by atoms with E-state index in [0.29, 0.717) is 11.3 Å². The average Bonchev–Trinajstić information content (AvgIpc) is 2.30. The lowest BCUT2D eigenvalue weighted by molar-refractivity contribution is 0.627. The summed E-state index contributed by atoms with van der Waals surface area (Å²) >= 11 is 0. The van der Waals surface area contributed by atoms with Crippen molar-refractivity contribution in [3.63, 3.8) is 0 Å². The predicted octanol–water partition coefficient (Wildman–Crippen LogP) is 3.33. The third-order valence-corrected chi connectivity index (χ3v) is 4.39. The fourth-order valence-electron chi connectivity index (χ4n) is 1.94. The summed E-state index contributed by atoms with van der Waals surface area (Å²) in [5.41, 5.74) is 8.64. The van der Waals surface area contributed by atoms with Gasteiger partial charge in [0.05, 0.1) is 16.6 Å². The van der Waals surface area contributed by atoms with Crippen molar-refractivity contribution in [2.75, 3.05) is 5.73 Å². The van der Waals surface area contributed by atoms with Gasteiger partial charge in [-0.3, -0.25) is 4.21 Å². The Labute approximate surface area is 114 Å². The highest BCUT2D eigenvalue weighted by Gasteiger charge is 2.10. The standard InChI is InChI=1S/C15H16FNOS/c1-10-3-4-11(2)15(5-10)19(18)9-12-6-13(16)8-14(17)7-12/h3-8H,9,17H2,1-2H3. The molecule has 0 aliphatic rings. The van der Waals surface area contributed by atoms with E-state index in [1.54, 1.807) is 6.07 Å². The molecule has 0 saturated heterocycles. The predicted molar refractivity (Wildman–Crippen MR) is 76.8 cm³/mol. The molecule has 0 radical (unpaired) electrons. The number of hydrogen-bond acceptors (Lipinski definition) is 2. The topological polar surface area (TPSA) is 43.1 Å². The van der Waals surface area contributed by atoms with Crippen LogP contribution in [0, 0.1) is 19.7 Å². The zero-order valence-corrected chi connectivity index (χ0v) is 11.8. The molecule has 0 aliphatic heterocycles. The lowest BCUT2D eigenvalue weighted by Crippen LogP contribution is -2.01. The second kappa shape index (κ2) is 5.53. The Morgan fingerprint density at radius 2 is 1.89 bits per heavy atom. The highest BCUT2D eigenvalue weighted by molar-refractivity contribution is 7.84. The van der Waals surface area contributed by atoms with Crippen molar-refractivity contribution in [1.29, 1.82) is 0 Å². The van der Waals surface area contributed by atoms with Gasteiger partial charge in [0.2, 0.25) is 0 Å². The quantitative estimate of drug-likeness (QED) is 0.874. The van der Waals surface area contributed by atoms with Crippen molar-refractivity contribution in [2.24, 2.45) is 0 Å². The van der Waals surface area contributed by atoms with Crippen LogP contribution in [0.3, 0.4) is 0 Å². The second-order valence-corrected chi connectivity index (χ2v) is 6.07. The van der Waals surface area contributed by atoms with Crippen molar-refractivity contribution in [3.05, 3.63) is 58.9 Å². The van der Waals surface area contributed by atoms with Gasteiger partial charge in [0, 0.05) is 10.6 Å². The fraction of sp³-hybridized carbons (Fsp3) is 0.200. The molecule has 1 atom stereocenters. The van der Waals surface area contributed by atoms with Crippen LogP contribution in [0.15, 0.2) is 41.3 Å². The van der Waals surface area contributed by atoms with Crippen LogP contribution >= 0.6 is 0 Å². The summed E-state index contributed by atoms with van der Waals surface area (Å²) in [6.45, 7) is 3.88. The van der Waals surface area contributed by atoms with Crippen LogP contribution in [0.1, 0.15) is 16.7 Å². The number of halogens is 1. The Morgan fingerprint density at radius 1 is 1.16 bits per heavy atom. The Hall–Kier alpha value is -1.68. The smallest absolute Gasteiger partial charge is 0.125 e. The van der Waals surface area contributed by atoms with E-state index < -0.39 is 16.6 Å². The van der Waals surface area contributed by atoms with Crippen molar-refractivity contribution in [2.45, 2.75) is 24.5 Å². The van der Waals surface area contributed by atoms with E-state index in [-0.39, 0.29) is 5.75 Å². The number of hydrogen-bond donors (Lipinski definition) is 1. The van der Waals surface area contributed by atoms with Crippen LogP contribution in [0.5, 0.6) is 0 Å². The van der Waals surface area contributed by atoms with Gasteiger partial charge >= 0.3 is 0 Å². The molecule has 0 spiro atoms. The van der Waals surface area contributed by atoms with Gasteiger partial charge in [-0.15, -0.1) is 0 Å². The minimum Gasteiger partial charge on any atom is -0.399 e. The Bertz CT molecular complexity index is 620. The van der Waals surface area contributed by atoms with E-state index >= 15 is 0 Å². The molecule has 2 rings (SSSR count). The Kier molecular flexibility index (Phi) is 4.00. The van der Waals surface area contributed by atoms with Gasteiger partial charge in [0.25, 0.3) is 0 Å². The first-order valence-corrected chi connectivity index (χ1v) is 7.28. The number of nitrogen functional groups attached to an aromatic ring is 1. The first-order valence-electron chi connectivity index (χ1n) is 5.96. The maximum absolute atomic E-state index is 13.2. The molecule has 0 saturated carbocycles. The Balaban J connectivity index is 2.28. The van der Waals surface area contributed by atoms with Crippen molar-refractivity contribution < 1.29 is 8.60 Å². The van der Waals surface area contributed by atoms with E-state index in [4.69, 9.17) is 5.73 Å². The zero-order chi connectivity index (χ0) is 14.0. The highest BCUT2D eigenvalue weighted by Crippen LogP contribution is 2.20. The summed E-state index contributed by atoms with van der Waals surface area (Å²) in [7, 11) is -1.20. The largest absolute Gasteiger partial charge is 0.399 e. The monoisotopic (exact) mass is 277 g/mol. The van der Waals surface area contributed by atoms with Crippen molar-refractivity contribution in [1.82, 2.24) is 0 Å². The number of anilines is 1. The van der Waals surface area contributed by atoms with E-state index in [0.717, 1.165) is 16.0 Å². The maximum Gasteiger partial charge on any atom is 0.125 e. The van der Waals surface area contributed by atoms with E-state index in [1.807, 2.05) is 32.0 Å². The molecule has 2 nitrogen and oxygen atoms in total. The molecule has 4 heteroatoms. The molecule has 2 aromatic carbocycles. The third kappa shape index (κ3) is 3.41. The molecule has 2 N–H and O–H groups in total. The summed E-state index contributed by atoms with van der Waals surface area (Å²) in [5.74, 6) is -0.125. The third-order valence-electron chi connectivity index (χ3n) is 2.87. The van der Waals surface area contributed by atoms with Gasteiger partial charge in [-0.1, -0.05) is 12.1 Å². The van der Waals surface area contributed by atoms with Crippen LogP contribution in [0.25, 0.3) is 0 Å². The number of benzene rings is 2. The second-order valence-electron chi connectivity index (χ2n) is 4.65. The summed E-state index contributed by atoms with van der Waals surface area (Å²) < 4.78 is 25.6. The van der Waals surface area contributed by atoms with Gasteiger partial charge in [-0.2, -0.15) is 0 Å². The first-order chi connectivity index (χ1) is 8.95. The highest BCUT2D eigenvalue weighted by atomic mass is 32.2. The first kappa shape index (κ1) is 13.7. The minimum absolute atomic E-state index is 0.270. The van der Waals surface area contributed by atoms with Gasteiger partial charge < -0.3 is 5.73 Å². The molecule has 100 valence electrons. The van der Waals surface area contributed by atoms with Crippen molar-refractivity contribution >= 4 is 16.5 Å². The van der Waals surface area contributed by atoms with E-state index in [1.165, 1.54) is 12.1 Å². The molecule has 19 heavy (non-hydrogen) atoms. The van der Waals surface area contributed by atoms with Gasteiger partial charge in [-0.05, 0) is 54.8 Å². The number of aryl methyl sites for hydroxylation is 2. The molecule has 0 amide bonds. The summed E-state index contributed by atoms with van der Waals surface area (Å²) in [6.07, 6.45) is 0. The lowest BCUT2D eigenvalue weighted by atomic mass is 10.2. The van der Waals surface area contributed by atoms with Crippen molar-refractivity contribution in [3.8, 4) is 0 Å². The van der Waals surface area contributed by atoms with E-state index in [9.17, 15) is 8.60 Å². The molecule has 0 fully saturated rings. The molecular weight excluding hydrogens is 261 g/mol. The van der Waals surface area contributed by atoms with Gasteiger partial charge in [-0.25, -0.2) is 4.39 Å². The molecule has 0 heterocycles. The van der Waals surface area contributed by atoms with E-state index in [2.05, 4.69) is 0 Å². The van der Waals surface area contributed by atoms with Crippen LogP contribution in [-0.2, 0) is 16.6 Å². The molecule has 0 aromatic heterocycles. The lowest BCUT2D eigenvalue weighted by Gasteiger charge is -2.08. The average molecular weight is 277 g/mol. The normalized spacial score (nSPS) is 12.4. The summed E-state index contributed by atoms with van der Waals surface area (Å²) in [6, 6.07) is 10.1. The summed E-state index contributed by atoms with van der Waals surface area (Å²) in [4.78, 5) is 0.794. The number of nitrogens with two attached hydrogens (primary N) is 1. The molecule has 1 unspecified atom stereocenters. The Morgan fingerprint density at radius 3 is 2.58 bits per heavy atom.